The number of para-hydroxylation sites is 1. The van der Waals surface area contributed by atoms with Gasteiger partial charge in [-0.3, -0.25) is 0 Å². The van der Waals surface area contributed by atoms with E-state index in [1.54, 1.807) is 0 Å². The smallest absolute Gasteiger partial charge is 0.125 e. The first-order valence-corrected chi connectivity index (χ1v) is 7.63. The van der Waals surface area contributed by atoms with Crippen molar-refractivity contribution in [3.8, 4) is 5.75 Å². The van der Waals surface area contributed by atoms with E-state index in [-0.39, 0.29) is 6.10 Å². The number of rotatable bonds is 5. The molecular weight excluding hydrogens is 234 g/mol. The van der Waals surface area contributed by atoms with E-state index in [1.807, 2.05) is 0 Å². The molecule has 0 spiro atoms. The summed E-state index contributed by atoms with van der Waals surface area (Å²) in [6.07, 6.45) is 7.05. The average Bonchev–Trinajstić information content (AvgIpc) is 2.42. The van der Waals surface area contributed by atoms with Crippen LogP contribution in [0.4, 0.5) is 0 Å². The summed E-state index contributed by atoms with van der Waals surface area (Å²) < 4.78 is 6.10. The van der Waals surface area contributed by atoms with Crippen LogP contribution >= 0.6 is 0 Å². The molecular formula is C17H27NO. The molecule has 1 unspecified atom stereocenters. The van der Waals surface area contributed by atoms with Gasteiger partial charge in [0.15, 0.2) is 0 Å². The van der Waals surface area contributed by atoms with Crippen LogP contribution in [0.25, 0.3) is 0 Å². The van der Waals surface area contributed by atoms with Crippen molar-refractivity contribution in [3.05, 3.63) is 29.3 Å². The van der Waals surface area contributed by atoms with Gasteiger partial charge in [-0.25, -0.2) is 0 Å². The van der Waals surface area contributed by atoms with Gasteiger partial charge in [-0.1, -0.05) is 37.5 Å². The van der Waals surface area contributed by atoms with Crippen molar-refractivity contribution in [2.75, 3.05) is 6.54 Å². The SMILES string of the molecule is Cc1cccc(C)c1OC(C)CNC1CCCCC1. The fourth-order valence-corrected chi connectivity index (χ4v) is 2.87. The van der Waals surface area contributed by atoms with Crippen LogP contribution in [-0.2, 0) is 0 Å². The van der Waals surface area contributed by atoms with E-state index < -0.39 is 0 Å². The van der Waals surface area contributed by atoms with Crippen LogP contribution in [0.5, 0.6) is 5.75 Å². The molecule has 2 rings (SSSR count). The number of benzene rings is 1. The lowest BCUT2D eigenvalue weighted by Crippen LogP contribution is -2.37. The molecule has 106 valence electrons. The molecule has 0 radical (unpaired) electrons. The van der Waals surface area contributed by atoms with Crippen LogP contribution in [-0.4, -0.2) is 18.7 Å². The van der Waals surface area contributed by atoms with Gasteiger partial charge in [0.25, 0.3) is 0 Å². The van der Waals surface area contributed by atoms with E-state index in [0.29, 0.717) is 6.04 Å². The summed E-state index contributed by atoms with van der Waals surface area (Å²) in [6, 6.07) is 7.02. The Hall–Kier alpha value is -1.02. The highest BCUT2D eigenvalue weighted by Gasteiger charge is 2.15. The molecule has 1 aliphatic rings. The maximum atomic E-state index is 6.10. The second-order valence-electron chi connectivity index (χ2n) is 5.89. The summed E-state index contributed by atoms with van der Waals surface area (Å²) in [7, 11) is 0. The van der Waals surface area contributed by atoms with Gasteiger partial charge >= 0.3 is 0 Å². The van der Waals surface area contributed by atoms with Crippen molar-refractivity contribution < 1.29 is 4.74 Å². The molecule has 2 nitrogen and oxygen atoms in total. The maximum absolute atomic E-state index is 6.10. The van der Waals surface area contributed by atoms with Crippen LogP contribution in [0.2, 0.25) is 0 Å². The zero-order valence-corrected chi connectivity index (χ0v) is 12.5. The Morgan fingerprint density at radius 2 is 1.79 bits per heavy atom. The lowest BCUT2D eigenvalue weighted by Gasteiger charge is -2.25. The average molecular weight is 261 g/mol. The van der Waals surface area contributed by atoms with Gasteiger partial charge in [-0.2, -0.15) is 0 Å². The van der Waals surface area contributed by atoms with Gasteiger partial charge in [-0.15, -0.1) is 0 Å². The summed E-state index contributed by atoms with van der Waals surface area (Å²) in [5, 5.41) is 3.66. The predicted octanol–water partition coefficient (Wildman–Crippen LogP) is 3.99. The highest BCUT2D eigenvalue weighted by Crippen LogP contribution is 2.23. The molecule has 1 aromatic carbocycles. The van der Waals surface area contributed by atoms with Crippen molar-refractivity contribution in [1.82, 2.24) is 5.32 Å². The quantitative estimate of drug-likeness (QED) is 0.865. The lowest BCUT2D eigenvalue weighted by atomic mass is 9.95. The maximum Gasteiger partial charge on any atom is 0.125 e. The van der Waals surface area contributed by atoms with E-state index in [4.69, 9.17) is 4.74 Å². The Morgan fingerprint density at radius 1 is 1.16 bits per heavy atom. The largest absolute Gasteiger partial charge is 0.489 e. The third kappa shape index (κ3) is 4.24. The third-order valence-corrected chi connectivity index (χ3v) is 4.03. The number of ether oxygens (including phenoxy) is 1. The van der Waals surface area contributed by atoms with Crippen molar-refractivity contribution in [2.24, 2.45) is 0 Å². The molecule has 19 heavy (non-hydrogen) atoms. The molecule has 0 aromatic heterocycles. The monoisotopic (exact) mass is 261 g/mol. The summed E-state index contributed by atoms with van der Waals surface area (Å²) in [4.78, 5) is 0. The first-order chi connectivity index (χ1) is 9.16. The minimum absolute atomic E-state index is 0.224. The van der Waals surface area contributed by atoms with E-state index in [9.17, 15) is 0 Å². The van der Waals surface area contributed by atoms with E-state index in [2.05, 4.69) is 44.3 Å². The van der Waals surface area contributed by atoms with Crippen molar-refractivity contribution >= 4 is 0 Å². The molecule has 0 amide bonds. The Bertz CT molecular complexity index is 376. The van der Waals surface area contributed by atoms with Gasteiger partial charge in [-0.05, 0) is 44.7 Å². The number of hydrogen-bond acceptors (Lipinski definition) is 2. The van der Waals surface area contributed by atoms with Gasteiger partial charge in [0.2, 0.25) is 0 Å². The Balaban J connectivity index is 1.82. The summed E-state index contributed by atoms with van der Waals surface area (Å²) in [5.41, 5.74) is 2.45. The van der Waals surface area contributed by atoms with Crippen LogP contribution in [0.3, 0.4) is 0 Å². The first-order valence-electron chi connectivity index (χ1n) is 7.63. The van der Waals surface area contributed by atoms with Crippen molar-refractivity contribution in [1.29, 1.82) is 0 Å². The summed E-state index contributed by atoms with van der Waals surface area (Å²) in [6.45, 7) is 7.33. The van der Waals surface area contributed by atoms with Gasteiger partial charge in [0.05, 0.1) is 0 Å². The molecule has 1 aromatic rings. The predicted molar refractivity (Wildman–Crippen MR) is 80.9 cm³/mol. The van der Waals surface area contributed by atoms with Gasteiger partial charge in [0.1, 0.15) is 11.9 Å². The van der Waals surface area contributed by atoms with Crippen LogP contribution in [0.1, 0.15) is 50.2 Å². The second-order valence-corrected chi connectivity index (χ2v) is 5.89. The topological polar surface area (TPSA) is 21.3 Å². The summed E-state index contributed by atoms with van der Waals surface area (Å²) >= 11 is 0. The molecule has 1 fully saturated rings. The number of aryl methyl sites for hydroxylation is 2. The van der Waals surface area contributed by atoms with Crippen LogP contribution in [0, 0.1) is 13.8 Å². The van der Waals surface area contributed by atoms with E-state index >= 15 is 0 Å². The van der Waals surface area contributed by atoms with E-state index in [1.165, 1.54) is 43.2 Å². The zero-order valence-electron chi connectivity index (χ0n) is 12.5. The molecule has 0 saturated heterocycles. The van der Waals surface area contributed by atoms with Crippen LogP contribution < -0.4 is 10.1 Å². The fourth-order valence-electron chi connectivity index (χ4n) is 2.87. The molecule has 1 atom stereocenters. The highest BCUT2D eigenvalue weighted by molar-refractivity contribution is 5.39. The van der Waals surface area contributed by atoms with Gasteiger partial charge in [0, 0.05) is 12.6 Å². The molecule has 1 N–H and O–H groups in total. The molecule has 0 bridgehead atoms. The molecule has 0 aliphatic heterocycles. The molecule has 2 heteroatoms. The lowest BCUT2D eigenvalue weighted by molar-refractivity contribution is 0.203. The van der Waals surface area contributed by atoms with Crippen molar-refractivity contribution in [2.45, 2.75) is 65.0 Å². The third-order valence-electron chi connectivity index (χ3n) is 4.03. The normalized spacial score (nSPS) is 18.3. The van der Waals surface area contributed by atoms with Gasteiger partial charge < -0.3 is 10.1 Å². The molecule has 1 aliphatic carbocycles. The Kier molecular flexibility index (Phi) is 5.26. The minimum Gasteiger partial charge on any atom is -0.489 e. The van der Waals surface area contributed by atoms with E-state index in [0.717, 1.165) is 12.3 Å². The summed E-state index contributed by atoms with van der Waals surface area (Å²) in [5.74, 6) is 1.06. The number of nitrogens with one attached hydrogen (secondary N) is 1. The van der Waals surface area contributed by atoms with Crippen molar-refractivity contribution in [3.63, 3.8) is 0 Å². The second kappa shape index (κ2) is 6.95. The van der Waals surface area contributed by atoms with Crippen LogP contribution in [0.15, 0.2) is 18.2 Å². The zero-order chi connectivity index (χ0) is 13.7. The minimum atomic E-state index is 0.224. The number of hydrogen-bond donors (Lipinski definition) is 1. The standard InChI is InChI=1S/C17H27NO/c1-13-8-7-9-14(2)17(13)19-15(3)12-18-16-10-5-4-6-11-16/h7-9,15-16,18H,4-6,10-12H2,1-3H3. The highest BCUT2D eigenvalue weighted by atomic mass is 16.5. The first kappa shape index (κ1) is 14.4. The Labute approximate surface area is 117 Å². The molecule has 0 heterocycles. The molecule has 1 saturated carbocycles. The Morgan fingerprint density at radius 3 is 2.42 bits per heavy atom. The fraction of sp³-hybridized carbons (Fsp3) is 0.647.